The lowest BCUT2D eigenvalue weighted by Crippen LogP contribution is -2.17. The second-order valence-corrected chi connectivity index (χ2v) is 17.3. The van der Waals surface area contributed by atoms with E-state index in [-0.39, 0.29) is 31.7 Å². The van der Waals surface area contributed by atoms with E-state index in [2.05, 4.69) is 53.0 Å². The fourth-order valence-corrected chi connectivity index (χ4v) is 9.25. The molecule has 17 heteroatoms. The standard InChI is InChI=1S/C48H51ClN8O6S.H2S/c1-28-24-41(51-30(3)44(28)34-8-15-39-35(25-34)26-42(58)53-39)50-16-17-60-18-19-61-20-21-62-22-23-63-38-13-11-37(12-14-38)52-43(59)27-40-47-56-55-32(5)57(47)48-45(29(2)31(4)64-48)46(54-40)33-6-9-36(49)10-7-33;/h6-15,24-25,40H,16-23,26-27H2,1-5H3,(H,50,51)(H,52,59)(H,53,58);1H2/t40-;/m0./s1. The average molecular weight is 938 g/mol. The van der Waals surface area contributed by atoms with Crippen molar-refractivity contribution in [2.75, 3.05) is 68.7 Å². The number of aliphatic imine (C=N–C) groups is 1. The van der Waals surface area contributed by atoms with E-state index in [9.17, 15) is 9.59 Å². The molecule has 3 N–H and O–H groups in total. The third-order valence-corrected chi connectivity index (χ3v) is 12.5. The molecule has 2 amide bonds. The Hall–Kier alpha value is -5.62. The van der Waals surface area contributed by atoms with Gasteiger partial charge in [-0.1, -0.05) is 29.8 Å². The van der Waals surface area contributed by atoms with Gasteiger partial charge in [0.15, 0.2) is 5.82 Å². The number of amides is 2. The van der Waals surface area contributed by atoms with E-state index in [1.54, 1.807) is 11.3 Å². The van der Waals surface area contributed by atoms with Crippen LogP contribution in [0.25, 0.3) is 16.1 Å². The number of carbonyl (C=O) groups is 2. The molecule has 0 spiro atoms. The molecule has 8 rings (SSSR count). The van der Waals surface area contributed by atoms with Crippen molar-refractivity contribution < 1.29 is 28.5 Å². The average Bonchev–Trinajstić information content (AvgIpc) is 3.91. The second-order valence-electron chi connectivity index (χ2n) is 15.7. The zero-order valence-corrected chi connectivity index (χ0v) is 39.6. The van der Waals surface area contributed by atoms with Crippen LogP contribution in [0.3, 0.4) is 0 Å². The van der Waals surface area contributed by atoms with E-state index in [1.807, 2.05) is 85.1 Å². The van der Waals surface area contributed by atoms with E-state index in [0.29, 0.717) is 81.5 Å². The molecule has 2 aliphatic rings. The molecule has 6 aromatic rings. The molecule has 14 nitrogen and oxygen atoms in total. The molecule has 0 aliphatic carbocycles. The van der Waals surface area contributed by atoms with Gasteiger partial charge >= 0.3 is 0 Å². The van der Waals surface area contributed by atoms with Crippen LogP contribution in [0.15, 0.2) is 77.8 Å². The fraction of sp³-hybridized carbons (Fsp3) is 0.333. The summed E-state index contributed by atoms with van der Waals surface area (Å²) in [5.41, 5.74) is 10.6. The molecular formula is C48H53ClN8O6S2. The van der Waals surface area contributed by atoms with Gasteiger partial charge in [-0.3, -0.25) is 19.1 Å². The van der Waals surface area contributed by atoms with Crippen molar-refractivity contribution in [3.63, 3.8) is 0 Å². The van der Waals surface area contributed by atoms with Crippen molar-refractivity contribution in [3.05, 3.63) is 128 Å². The summed E-state index contributed by atoms with van der Waals surface area (Å²) in [4.78, 5) is 36.4. The Morgan fingerprint density at radius 3 is 2.26 bits per heavy atom. The molecule has 340 valence electrons. The summed E-state index contributed by atoms with van der Waals surface area (Å²) in [5.74, 6) is 2.65. The number of pyridine rings is 1. The Balaban J connectivity index is 0.00000630. The molecule has 2 aliphatic heterocycles. The number of thiophene rings is 1. The van der Waals surface area contributed by atoms with Gasteiger partial charge in [0.05, 0.1) is 58.2 Å². The van der Waals surface area contributed by atoms with Crippen LogP contribution in [0.4, 0.5) is 17.2 Å². The molecule has 0 bridgehead atoms. The zero-order chi connectivity index (χ0) is 44.7. The monoisotopic (exact) mass is 936 g/mol. The van der Waals surface area contributed by atoms with Crippen molar-refractivity contribution in [2.45, 2.75) is 53.5 Å². The van der Waals surface area contributed by atoms with Crippen molar-refractivity contribution in [1.29, 1.82) is 0 Å². The van der Waals surface area contributed by atoms with E-state index in [4.69, 9.17) is 40.5 Å². The van der Waals surface area contributed by atoms with Crippen molar-refractivity contribution in [3.8, 4) is 21.9 Å². The summed E-state index contributed by atoms with van der Waals surface area (Å²) in [7, 11) is 0. The van der Waals surface area contributed by atoms with Gasteiger partial charge in [0, 0.05) is 50.2 Å². The molecule has 0 radical (unpaired) electrons. The number of hydrogen-bond donors (Lipinski definition) is 3. The number of ether oxygens (including phenoxy) is 4. The number of fused-ring (bicyclic) bond motifs is 4. The summed E-state index contributed by atoms with van der Waals surface area (Å²) in [6, 6.07) is 22.4. The smallest absolute Gasteiger partial charge is 0.228 e. The highest BCUT2D eigenvalue weighted by Crippen LogP contribution is 2.40. The van der Waals surface area contributed by atoms with Gasteiger partial charge in [0.2, 0.25) is 11.8 Å². The molecule has 0 unspecified atom stereocenters. The Morgan fingerprint density at radius 2 is 1.54 bits per heavy atom. The van der Waals surface area contributed by atoms with Gasteiger partial charge in [-0.05, 0) is 111 Å². The predicted octanol–water partition coefficient (Wildman–Crippen LogP) is 8.66. The second kappa shape index (κ2) is 21.6. The zero-order valence-electron chi connectivity index (χ0n) is 37.0. The first-order valence-corrected chi connectivity index (χ1v) is 22.5. The van der Waals surface area contributed by atoms with Gasteiger partial charge in [-0.25, -0.2) is 4.98 Å². The summed E-state index contributed by atoms with van der Waals surface area (Å²) in [6.07, 6.45) is 0.480. The third-order valence-electron chi connectivity index (χ3n) is 11.1. The minimum atomic E-state index is -0.569. The molecule has 3 aromatic carbocycles. The Labute approximate surface area is 394 Å². The molecular weight excluding hydrogens is 884 g/mol. The Morgan fingerprint density at radius 1 is 0.846 bits per heavy atom. The Bertz CT molecular complexity index is 2660. The van der Waals surface area contributed by atoms with Crippen LogP contribution in [0.5, 0.6) is 5.75 Å². The van der Waals surface area contributed by atoms with E-state index < -0.39 is 6.04 Å². The maximum absolute atomic E-state index is 13.5. The van der Waals surface area contributed by atoms with Gasteiger partial charge in [-0.2, -0.15) is 13.5 Å². The van der Waals surface area contributed by atoms with E-state index in [1.165, 1.54) is 4.88 Å². The number of anilines is 3. The molecule has 0 saturated heterocycles. The summed E-state index contributed by atoms with van der Waals surface area (Å²) in [5, 5.41) is 19.8. The van der Waals surface area contributed by atoms with Gasteiger partial charge in [0.1, 0.15) is 35.0 Å². The number of nitrogens with one attached hydrogen (secondary N) is 3. The highest BCUT2D eigenvalue weighted by molar-refractivity contribution is 7.59. The van der Waals surface area contributed by atoms with Gasteiger partial charge in [0.25, 0.3) is 0 Å². The van der Waals surface area contributed by atoms with Crippen LogP contribution in [-0.4, -0.2) is 90.1 Å². The first-order valence-electron chi connectivity index (χ1n) is 21.3. The quantitative estimate of drug-likeness (QED) is 0.0670. The maximum atomic E-state index is 13.5. The maximum Gasteiger partial charge on any atom is 0.228 e. The third kappa shape index (κ3) is 11.3. The normalized spacial score (nSPS) is 13.8. The fourth-order valence-electron chi connectivity index (χ4n) is 7.91. The number of halogens is 1. The van der Waals surface area contributed by atoms with Crippen LogP contribution in [-0.2, 0) is 30.2 Å². The predicted molar refractivity (Wildman–Crippen MR) is 261 cm³/mol. The van der Waals surface area contributed by atoms with Crippen LogP contribution in [0, 0.1) is 34.6 Å². The Kier molecular flexibility index (Phi) is 15.7. The van der Waals surface area contributed by atoms with Crippen LogP contribution >= 0.6 is 36.4 Å². The van der Waals surface area contributed by atoms with E-state index >= 15 is 0 Å². The number of rotatable bonds is 19. The van der Waals surface area contributed by atoms with Gasteiger partial charge in [-0.15, -0.1) is 21.5 Å². The lowest BCUT2D eigenvalue weighted by molar-refractivity contribution is -0.117. The van der Waals surface area contributed by atoms with Crippen molar-refractivity contribution in [2.24, 2.45) is 4.99 Å². The first kappa shape index (κ1) is 47.3. The number of aromatic nitrogens is 4. The SMILES string of the molecule is Cc1cc(NCCOCCOCCOCCOc2ccc(NC(=O)C[C@@H]3N=C(c4ccc(Cl)cc4)c4c(sc(C)c4C)-n4c(C)nnc43)cc2)nc(C)c1-c1ccc2c(c1)CC(=O)N2.S. The minimum absolute atomic E-state index is 0. The van der Waals surface area contributed by atoms with Crippen LogP contribution < -0.4 is 20.7 Å². The molecule has 0 saturated carbocycles. The molecule has 0 fully saturated rings. The van der Waals surface area contributed by atoms with Crippen LogP contribution in [0.2, 0.25) is 5.02 Å². The van der Waals surface area contributed by atoms with Gasteiger partial charge < -0.3 is 34.9 Å². The van der Waals surface area contributed by atoms with Crippen LogP contribution in [0.1, 0.15) is 62.5 Å². The minimum Gasteiger partial charge on any atom is -0.491 e. The first-order chi connectivity index (χ1) is 31.0. The van der Waals surface area contributed by atoms with E-state index in [0.717, 1.165) is 72.7 Å². The molecule has 5 heterocycles. The molecule has 3 aromatic heterocycles. The lowest BCUT2D eigenvalue weighted by atomic mass is 9.97. The number of carbonyl (C=O) groups excluding carboxylic acids is 2. The van der Waals surface area contributed by atoms with Crippen molar-refractivity contribution in [1.82, 2.24) is 19.7 Å². The largest absolute Gasteiger partial charge is 0.491 e. The number of benzene rings is 3. The van der Waals surface area contributed by atoms with Crippen molar-refractivity contribution >= 4 is 71.2 Å². The molecule has 1 atom stereocenters. The number of aryl methyl sites for hydroxylation is 4. The molecule has 65 heavy (non-hydrogen) atoms. The number of nitrogens with zero attached hydrogens (tertiary/aromatic N) is 5. The highest BCUT2D eigenvalue weighted by Gasteiger charge is 2.32. The highest BCUT2D eigenvalue weighted by atomic mass is 35.5. The lowest BCUT2D eigenvalue weighted by Gasteiger charge is -2.14. The topological polar surface area (TPSA) is 163 Å². The summed E-state index contributed by atoms with van der Waals surface area (Å²) < 4.78 is 24.9. The number of hydrogen-bond acceptors (Lipinski definition) is 12. The summed E-state index contributed by atoms with van der Waals surface area (Å²) >= 11 is 7.92. The summed E-state index contributed by atoms with van der Waals surface area (Å²) in [6.45, 7) is 13.9.